The van der Waals surface area contributed by atoms with Gasteiger partial charge in [-0.25, -0.2) is 0 Å². The van der Waals surface area contributed by atoms with Crippen LogP contribution in [0.5, 0.6) is 0 Å². The summed E-state index contributed by atoms with van der Waals surface area (Å²) >= 11 is 0. The Labute approximate surface area is 128 Å². The molecule has 1 aliphatic carbocycles. The van der Waals surface area contributed by atoms with Crippen molar-refractivity contribution in [3.8, 4) is 0 Å². The molecule has 5 nitrogen and oxygen atoms in total. The van der Waals surface area contributed by atoms with E-state index in [0.29, 0.717) is 18.1 Å². The Hall–Kier alpha value is -0.200. The second-order valence-corrected chi connectivity index (χ2v) is 7.03. The molecule has 3 atom stereocenters. The van der Waals surface area contributed by atoms with Crippen LogP contribution in [0.15, 0.2) is 0 Å². The molecule has 1 spiro atoms. The highest BCUT2D eigenvalue weighted by Crippen LogP contribution is 2.37. The fraction of sp³-hybridized carbons (Fsp3) is 1.00. The van der Waals surface area contributed by atoms with Crippen LogP contribution in [0.25, 0.3) is 0 Å². The van der Waals surface area contributed by atoms with E-state index in [4.69, 9.17) is 9.47 Å². The minimum absolute atomic E-state index is 0.298. The van der Waals surface area contributed by atoms with Crippen LogP contribution in [-0.2, 0) is 9.47 Å². The van der Waals surface area contributed by atoms with Crippen molar-refractivity contribution in [3.63, 3.8) is 0 Å². The van der Waals surface area contributed by atoms with Gasteiger partial charge >= 0.3 is 0 Å². The van der Waals surface area contributed by atoms with Crippen molar-refractivity contribution in [1.82, 2.24) is 15.1 Å². The molecule has 3 unspecified atom stereocenters. The zero-order chi connectivity index (χ0) is 14.9. The molecule has 2 heterocycles. The largest absolute Gasteiger partial charge is 0.347 e. The monoisotopic (exact) mass is 297 g/mol. The third-order valence-corrected chi connectivity index (χ3v) is 5.74. The highest BCUT2D eigenvalue weighted by atomic mass is 16.7. The molecule has 0 radical (unpaired) electrons. The number of rotatable bonds is 4. The molecule has 3 rings (SSSR count). The van der Waals surface area contributed by atoms with Crippen molar-refractivity contribution < 1.29 is 9.47 Å². The molecular formula is C16H31N3O2. The third-order valence-electron chi connectivity index (χ3n) is 5.74. The fourth-order valence-electron chi connectivity index (χ4n) is 4.37. The van der Waals surface area contributed by atoms with Crippen LogP contribution in [0, 0.1) is 0 Å². The van der Waals surface area contributed by atoms with Gasteiger partial charge in [-0.15, -0.1) is 0 Å². The molecule has 0 bridgehead atoms. The lowest BCUT2D eigenvalue weighted by molar-refractivity contribution is -0.192. The summed E-state index contributed by atoms with van der Waals surface area (Å²) in [5.74, 6) is -0.298. The Bertz CT molecular complexity index is 346. The zero-order valence-electron chi connectivity index (χ0n) is 13.8. The van der Waals surface area contributed by atoms with E-state index in [1.54, 1.807) is 0 Å². The molecule has 0 aromatic carbocycles. The van der Waals surface area contributed by atoms with E-state index in [1.807, 2.05) is 0 Å². The lowest BCUT2D eigenvalue weighted by atomic mass is 9.84. The van der Waals surface area contributed by atoms with Crippen LogP contribution in [-0.4, -0.2) is 81.2 Å². The number of nitrogens with zero attached hydrogens (tertiary/aromatic N) is 2. The number of likely N-dealkylation sites (tertiary alicyclic amines) is 1. The summed E-state index contributed by atoms with van der Waals surface area (Å²) in [6.45, 7) is 3.91. The first kappa shape index (κ1) is 15.7. The predicted octanol–water partition coefficient (Wildman–Crippen LogP) is 0.896. The highest BCUT2D eigenvalue weighted by Gasteiger charge is 2.46. The van der Waals surface area contributed by atoms with E-state index >= 15 is 0 Å². The number of nitrogens with one attached hydrogen (secondary N) is 1. The molecule has 2 saturated heterocycles. The average Bonchev–Trinajstić information content (AvgIpc) is 3.09. The lowest BCUT2D eigenvalue weighted by Gasteiger charge is -2.45. The normalized spacial score (nSPS) is 36.9. The van der Waals surface area contributed by atoms with Crippen LogP contribution < -0.4 is 5.32 Å². The maximum atomic E-state index is 5.96. The molecule has 3 aliphatic rings. The highest BCUT2D eigenvalue weighted by molar-refractivity contribution is 4.96. The van der Waals surface area contributed by atoms with Crippen molar-refractivity contribution >= 4 is 0 Å². The Kier molecular flexibility index (Phi) is 4.86. The van der Waals surface area contributed by atoms with Gasteiger partial charge < -0.3 is 24.6 Å². The van der Waals surface area contributed by atoms with E-state index in [2.05, 4.69) is 36.3 Å². The van der Waals surface area contributed by atoms with Gasteiger partial charge in [0.2, 0.25) is 0 Å². The molecular weight excluding hydrogens is 266 g/mol. The number of hydrogen-bond acceptors (Lipinski definition) is 5. The minimum atomic E-state index is -0.298. The van der Waals surface area contributed by atoms with Gasteiger partial charge in [0.25, 0.3) is 0 Å². The second-order valence-electron chi connectivity index (χ2n) is 7.03. The van der Waals surface area contributed by atoms with Gasteiger partial charge in [-0.1, -0.05) is 0 Å². The van der Waals surface area contributed by atoms with Crippen LogP contribution in [0.4, 0.5) is 0 Å². The van der Waals surface area contributed by atoms with Crippen molar-refractivity contribution in [2.75, 3.05) is 47.4 Å². The molecule has 21 heavy (non-hydrogen) atoms. The van der Waals surface area contributed by atoms with Gasteiger partial charge in [-0.2, -0.15) is 0 Å². The summed E-state index contributed by atoms with van der Waals surface area (Å²) in [7, 11) is 6.61. The first-order valence-electron chi connectivity index (χ1n) is 8.49. The van der Waals surface area contributed by atoms with Gasteiger partial charge in [0, 0.05) is 37.5 Å². The van der Waals surface area contributed by atoms with Crippen molar-refractivity contribution in [2.24, 2.45) is 0 Å². The van der Waals surface area contributed by atoms with Crippen LogP contribution in [0.1, 0.15) is 32.1 Å². The molecule has 1 N–H and O–H groups in total. The molecule has 1 saturated carbocycles. The molecule has 0 aromatic heterocycles. The molecule has 0 aromatic rings. The third kappa shape index (κ3) is 3.27. The smallest absolute Gasteiger partial charge is 0.170 e. The summed E-state index contributed by atoms with van der Waals surface area (Å²) in [5.41, 5.74) is 0. The maximum Gasteiger partial charge on any atom is 0.170 e. The van der Waals surface area contributed by atoms with Crippen LogP contribution in [0.3, 0.4) is 0 Å². The standard InChI is InChI=1S/C16H31N3O2/c1-17-14-6-7-16(20-9-10-21-16)11-15(14)19(3)12-13-5-4-8-18(13)2/h13-15,17H,4-12H2,1-3H3. The Morgan fingerprint density at radius 2 is 2.05 bits per heavy atom. The van der Waals surface area contributed by atoms with Gasteiger partial charge in [0.05, 0.1) is 13.2 Å². The van der Waals surface area contributed by atoms with Gasteiger partial charge in [-0.05, 0) is 47.0 Å². The molecule has 2 aliphatic heterocycles. The first-order chi connectivity index (χ1) is 10.1. The van der Waals surface area contributed by atoms with Gasteiger partial charge in [-0.3, -0.25) is 0 Å². The fourth-order valence-corrected chi connectivity index (χ4v) is 4.37. The minimum Gasteiger partial charge on any atom is -0.347 e. The SMILES string of the molecule is CNC1CCC2(CC1N(C)CC1CCCN1C)OCCO2. The molecule has 122 valence electrons. The number of likely N-dealkylation sites (N-methyl/N-ethyl adjacent to an activating group) is 3. The lowest BCUT2D eigenvalue weighted by Crippen LogP contribution is -2.57. The van der Waals surface area contributed by atoms with Crippen LogP contribution >= 0.6 is 0 Å². The van der Waals surface area contributed by atoms with Gasteiger partial charge in [0.1, 0.15) is 0 Å². The van der Waals surface area contributed by atoms with Crippen molar-refractivity contribution in [1.29, 1.82) is 0 Å². The average molecular weight is 297 g/mol. The summed E-state index contributed by atoms with van der Waals surface area (Å²) in [6.07, 6.45) is 5.81. The molecule has 5 heteroatoms. The maximum absolute atomic E-state index is 5.96. The van der Waals surface area contributed by atoms with E-state index in [0.717, 1.165) is 39.0 Å². The van der Waals surface area contributed by atoms with Gasteiger partial charge in [0.15, 0.2) is 5.79 Å². The second kappa shape index (κ2) is 6.50. The Morgan fingerprint density at radius 3 is 2.67 bits per heavy atom. The van der Waals surface area contributed by atoms with E-state index in [1.165, 1.54) is 19.4 Å². The topological polar surface area (TPSA) is 37.0 Å². The predicted molar refractivity (Wildman–Crippen MR) is 83.4 cm³/mol. The number of hydrogen-bond donors (Lipinski definition) is 1. The summed E-state index contributed by atoms with van der Waals surface area (Å²) in [4.78, 5) is 5.05. The quantitative estimate of drug-likeness (QED) is 0.834. The first-order valence-corrected chi connectivity index (χ1v) is 8.49. The van der Waals surface area contributed by atoms with E-state index < -0.39 is 0 Å². The van der Waals surface area contributed by atoms with Crippen molar-refractivity contribution in [3.05, 3.63) is 0 Å². The molecule has 0 amide bonds. The Morgan fingerprint density at radius 1 is 1.29 bits per heavy atom. The zero-order valence-corrected chi connectivity index (χ0v) is 13.8. The summed E-state index contributed by atoms with van der Waals surface area (Å²) in [5, 5.41) is 3.51. The summed E-state index contributed by atoms with van der Waals surface area (Å²) < 4.78 is 11.9. The number of ether oxygens (including phenoxy) is 2. The Balaban J connectivity index is 1.64. The molecule has 3 fully saturated rings. The summed E-state index contributed by atoms with van der Waals surface area (Å²) in [6, 6.07) is 1.74. The van der Waals surface area contributed by atoms with Crippen LogP contribution in [0.2, 0.25) is 0 Å². The van der Waals surface area contributed by atoms with E-state index in [9.17, 15) is 0 Å². The van der Waals surface area contributed by atoms with E-state index in [-0.39, 0.29) is 5.79 Å². The van der Waals surface area contributed by atoms with Crippen molar-refractivity contribution in [2.45, 2.75) is 56.0 Å².